The first kappa shape index (κ1) is 10.9. The van der Waals surface area contributed by atoms with Crippen LogP contribution in [0, 0.1) is 0 Å². The van der Waals surface area contributed by atoms with E-state index in [4.69, 9.17) is 23.2 Å². The molecule has 0 radical (unpaired) electrons. The lowest BCUT2D eigenvalue weighted by Crippen LogP contribution is -2.27. The molecule has 1 aliphatic rings. The van der Waals surface area contributed by atoms with E-state index in [-0.39, 0.29) is 0 Å². The third-order valence-electron chi connectivity index (χ3n) is 2.06. The molecule has 0 amide bonds. The molecule has 74 valence electrons. The molecule has 0 bridgehead atoms. The van der Waals surface area contributed by atoms with Crippen molar-refractivity contribution < 1.29 is 0 Å². The van der Waals surface area contributed by atoms with E-state index in [2.05, 4.69) is 16.8 Å². The van der Waals surface area contributed by atoms with Gasteiger partial charge in [0.15, 0.2) is 0 Å². The molecule has 4 heteroatoms. The van der Waals surface area contributed by atoms with Crippen molar-refractivity contribution in [3.63, 3.8) is 0 Å². The second kappa shape index (κ2) is 5.53. The lowest BCUT2D eigenvalue weighted by molar-refractivity contribution is 0.378. The van der Waals surface area contributed by atoms with Gasteiger partial charge in [0.2, 0.25) is 0 Å². The monoisotopic (exact) mass is 220 g/mol. The van der Waals surface area contributed by atoms with E-state index in [1.165, 1.54) is 5.54 Å². The van der Waals surface area contributed by atoms with E-state index in [9.17, 15) is 0 Å². The minimum absolute atomic E-state index is 0.511. The van der Waals surface area contributed by atoms with Gasteiger partial charge in [0, 0.05) is 25.2 Å². The maximum Gasteiger partial charge on any atom is 0.0664 e. The second-order valence-corrected chi connectivity index (χ2v) is 3.66. The predicted molar refractivity (Wildman–Crippen MR) is 58.0 cm³/mol. The van der Waals surface area contributed by atoms with Gasteiger partial charge in [-0.25, -0.2) is 0 Å². The molecule has 0 aromatic rings. The van der Waals surface area contributed by atoms with Gasteiger partial charge in [0.25, 0.3) is 0 Å². The van der Waals surface area contributed by atoms with Crippen LogP contribution in [0.3, 0.4) is 0 Å². The standard InChI is InChI=1S/C9H14Cl2N2/c1-8(11)9(7-10)13-5-2-3-12-4-6-13/h7,12H,1-6H2. The van der Waals surface area contributed by atoms with E-state index in [0.717, 1.165) is 38.3 Å². The van der Waals surface area contributed by atoms with E-state index < -0.39 is 0 Å². The third-order valence-corrected chi connectivity index (χ3v) is 2.46. The van der Waals surface area contributed by atoms with Crippen LogP contribution >= 0.6 is 23.2 Å². The largest absolute Gasteiger partial charge is 0.368 e. The summed E-state index contributed by atoms with van der Waals surface area (Å²) >= 11 is 11.5. The molecule has 0 aromatic heterocycles. The topological polar surface area (TPSA) is 15.3 Å². The highest BCUT2D eigenvalue weighted by Gasteiger charge is 2.12. The zero-order valence-electron chi connectivity index (χ0n) is 7.52. The Morgan fingerprint density at radius 1 is 1.38 bits per heavy atom. The van der Waals surface area contributed by atoms with Gasteiger partial charge in [-0.15, -0.1) is 0 Å². The van der Waals surface area contributed by atoms with Crippen molar-refractivity contribution in [2.75, 3.05) is 26.2 Å². The Labute approximate surface area is 89.2 Å². The zero-order chi connectivity index (χ0) is 9.68. The minimum Gasteiger partial charge on any atom is -0.368 e. The van der Waals surface area contributed by atoms with Gasteiger partial charge in [0.1, 0.15) is 0 Å². The van der Waals surface area contributed by atoms with Crippen molar-refractivity contribution in [3.05, 3.63) is 22.8 Å². The fourth-order valence-electron chi connectivity index (χ4n) is 1.39. The molecule has 1 N–H and O–H groups in total. The Bertz CT molecular complexity index is 206. The van der Waals surface area contributed by atoms with Crippen LogP contribution in [0.2, 0.25) is 0 Å². The van der Waals surface area contributed by atoms with E-state index in [1.807, 2.05) is 0 Å². The molecule has 0 unspecified atom stereocenters. The van der Waals surface area contributed by atoms with Gasteiger partial charge >= 0.3 is 0 Å². The molecule has 1 fully saturated rings. The van der Waals surface area contributed by atoms with Gasteiger partial charge in [-0.2, -0.15) is 0 Å². The van der Waals surface area contributed by atoms with E-state index in [0.29, 0.717) is 5.03 Å². The van der Waals surface area contributed by atoms with E-state index >= 15 is 0 Å². The molecule has 1 rings (SSSR count). The summed E-state index contributed by atoms with van der Waals surface area (Å²) in [4.78, 5) is 2.16. The van der Waals surface area contributed by atoms with Crippen LogP contribution in [-0.4, -0.2) is 31.1 Å². The van der Waals surface area contributed by atoms with Crippen LogP contribution in [-0.2, 0) is 0 Å². The minimum atomic E-state index is 0.511. The molecule has 0 saturated carbocycles. The Kier molecular flexibility index (Phi) is 4.64. The normalized spacial score (nSPS) is 19.8. The number of nitrogens with one attached hydrogen (secondary N) is 1. The van der Waals surface area contributed by atoms with Crippen LogP contribution < -0.4 is 5.32 Å². The number of hydrogen-bond acceptors (Lipinski definition) is 2. The highest BCUT2D eigenvalue weighted by atomic mass is 35.5. The van der Waals surface area contributed by atoms with Gasteiger partial charge in [-0.1, -0.05) is 29.8 Å². The molecule has 0 atom stereocenters. The zero-order valence-corrected chi connectivity index (χ0v) is 9.03. The summed E-state index contributed by atoms with van der Waals surface area (Å²) in [7, 11) is 0. The number of rotatable bonds is 2. The molecule has 2 nitrogen and oxygen atoms in total. The van der Waals surface area contributed by atoms with Crippen LogP contribution in [0.5, 0.6) is 0 Å². The molecule has 1 aliphatic heterocycles. The summed E-state index contributed by atoms with van der Waals surface area (Å²) in [5, 5.41) is 3.82. The first-order valence-electron chi connectivity index (χ1n) is 4.36. The number of nitrogens with zero attached hydrogens (tertiary/aromatic N) is 1. The maximum atomic E-state index is 5.82. The van der Waals surface area contributed by atoms with Crippen LogP contribution in [0.25, 0.3) is 0 Å². The fraction of sp³-hybridized carbons (Fsp3) is 0.556. The van der Waals surface area contributed by atoms with Gasteiger partial charge in [-0.3, -0.25) is 0 Å². The van der Waals surface area contributed by atoms with Crippen LogP contribution in [0.4, 0.5) is 0 Å². The smallest absolute Gasteiger partial charge is 0.0664 e. The average molecular weight is 221 g/mol. The third kappa shape index (κ3) is 3.22. The highest BCUT2D eigenvalue weighted by Crippen LogP contribution is 2.18. The number of allylic oxidation sites excluding steroid dienone is 1. The van der Waals surface area contributed by atoms with Crippen molar-refractivity contribution in [1.82, 2.24) is 10.2 Å². The fourth-order valence-corrected chi connectivity index (χ4v) is 1.89. The molecule has 1 heterocycles. The summed E-state index contributed by atoms with van der Waals surface area (Å²) in [6.07, 6.45) is 1.11. The van der Waals surface area contributed by atoms with Crippen LogP contribution in [0.1, 0.15) is 6.42 Å². The van der Waals surface area contributed by atoms with Gasteiger partial charge < -0.3 is 10.2 Å². The summed E-state index contributed by atoms with van der Waals surface area (Å²) in [6.45, 7) is 7.63. The lowest BCUT2D eigenvalue weighted by atomic mass is 10.3. The van der Waals surface area contributed by atoms with Crippen molar-refractivity contribution >= 4 is 23.2 Å². The second-order valence-electron chi connectivity index (χ2n) is 2.99. The van der Waals surface area contributed by atoms with Gasteiger partial charge in [-0.05, 0) is 13.0 Å². The van der Waals surface area contributed by atoms with Crippen LogP contribution in [0.15, 0.2) is 22.8 Å². The SMILES string of the molecule is C=C(Cl)C(=CCl)N1CCCNCC1. The lowest BCUT2D eigenvalue weighted by Gasteiger charge is -2.23. The number of hydrogen-bond donors (Lipinski definition) is 1. The quantitative estimate of drug-likeness (QED) is 0.718. The number of halogens is 2. The summed E-state index contributed by atoms with van der Waals surface area (Å²) in [5.74, 6) is 0. The van der Waals surface area contributed by atoms with Gasteiger partial charge in [0.05, 0.1) is 10.7 Å². The first-order valence-corrected chi connectivity index (χ1v) is 5.18. The van der Waals surface area contributed by atoms with E-state index in [1.54, 1.807) is 0 Å². The first-order chi connectivity index (χ1) is 6.25. The molecule has 0 aliphatic carbocycles. The molecule has 0 aromatic carbocycles. The Morgan fingerprint density at radius 3 is 2.77 bits per heavy atom. The van der Waals surface area contributed by atoms with Crippen molar-refractivity contribution in [3.8, 4) is 0 Å². The molecular formula is C9H14Cl2N2. The Morgan fingerprint density at radius 2 is 2.15 bits per heavy atom. The molecular weight excluding hydrogens is 207 g/mol. The Balaban J connectivity index is 2.61. The van der Waals surface area contributed by atoms with Crippen molar-refractivity contribution in [1.29, 1.82) is 0 Å². The maximum absolute atomic E-state index is 5.82. The van der Waals surface area contributed by atoms with Crippen molar-refractivity contribution in [2.24, 2.45) is 0 Å². The predicted octanol–water partition coefficient (Wildman–Crippen LogP) is 2.11. The molecule has 13 heavy (non-hydrogen) atoms. The Hall–Kier alpha value is -0.180. The molecule has 1 saturated heterocycles. The highest BCUT2D eigenvalue weighted by molar-refractivity contribution is 6.33. The summed E-state index contributed by atoms with van der Waals surface area (Å²) in [5.41, 5.74) is 2.34. The van der Waals surface area contributed by atoms with Crippen molar-refractivity contribution in [2.45, 2.75) is 6.42 Å². The average Bonchev–Trinajstić information content (AvgIpc) is 2.33. The molecule has 0 spiro atoms. The summed E-state index contributed by atoms with van der Waals surface area (Å²) < 4.78 is 0. The summed E-state index contributed by atoms with van der Waals surface area (Å²) in [6, 6.07) is 0.